The number of nitrogens with zero attached hydrogens (tertiary/aromatic N) is 3. The average molecular weight is 290 g/mol. The number of anilines is 2. The van der Waals surface area contributed by atoms with E-state index in [9.17, 15) is 0 Å². The molecule has 4 nitrogen and oxygen atoms in total. The van der Waals surface area contributed by atoms with Crippen LogP contribution in [0.3, 0.4) is 0 Å². The lowest BCUT2D eigenvalue weighted by Gasteiger charge is -2.18. The highest BCUT2D eigenvalue weighted by atomic mass is 32.1. The summed E-state index contributed by atoms with van der Waals surface area (Å²) in [7, 11) is 2.04. The van der Waals surface area contributed by atoms with Crippen molar-refractivity contribution in [3.05, 3.63) is 33.3 Å². The molecule has 0 aliphatic carbocycles. The van der Waals surface area contributed by atoms with Gasteiger partial charge in [0.2, 0.25) is 5.95 Å². The van der Waals surface area contributed by atoms with Crippen LogP contribution in [0.5, 0.6) is 0 Å². The van der Waals surface area contributed by atoms with Gasteiger partial charge in [-0.2, -0.15) is 4.98 Å². The Balaban J connectivity index is 2.03. The number of nitrogen functional groups attached to an aromatic ring is 1. The first-order valence-corrected chi connectivity index (χ1v) is 7.60. The molecule has 0 aromatic carbocycles. The van der Waals surface area contributed by atoms with E-state index in [2.05, 4.69) is 45.4 Å². The van der Waals surface area contributed by atoms with Gasteiger partial charge in [0.1, 0.15) is 10.6 Å². The summed E-state index contributed by atoms with van der Waals surface area (Å²) < 4.78 is 0. The van der Waals surface area contributed by atoms with E-state index in [1.54, 1.807) is 22.7 Å². The van der Waals surface area contributed by atoms with Crippen molar-refractivity contribution < 1.29 is 0 Å². The van der Waals surface area contributed by atoms with E-state index in [0.717, 1.165) is 22.6 Å². The first kappa shape index (κ1) is 12.4. The second-order valence-corrected chi connectivity index (χ2v) is 6.68. The summed E-state index contributed by atoms with van der Waals surface area (Å²) in [5.41, 5.74) is 5.81. The molecular formula is C13H14N4S2. The number of aryl methyl sites for hydroxylation is 1. The standard InChI is InChI=1S/C13H14N4S2/c1-8-6-10-11(15-13(14)16-12(10)19-8)17(2)7-9-4-3-5-18-9/h3-6H,7H2,1-2H3,(H2,14,15,16). The molecule has 6 heteroatoms. The number of thiophene rings is 2. The van der Waals surface area contributed by atoms with E-state index in [1.165, 1.54) is 9.75 Å². The largest absolute Gasteiger partial charge is 0.368 e. The van der Waals surface area contributed by atoms with Crippen LogP contribution >= 0.6 is 22.7 Å². The lowest BCUT2D eigenvalue weighted by molar-refractivity contribution is 0.918. The molecule has 3 rings (SSSR count). The molecule has 3 aromatic rings. The van der Waals surface area contributed by atoms with Crippen molar-refractivity contribution in [3.8, 4) is 0 Å². The smallest absolute Gasteiger partial charge is 0.223 e. The van der Waals surface area contributed by atoms with Crippen LogP contribution < -0.4 is 10.6 Å². The molecule has 0 amide bonds. The van der Waals surface area contributed by atoms with Crippen molar-refractivity contribution in [2.24, 2.45) is 0 Å². The van der Waals surface area contributed by atoms with Gasteiger partial charge in [0.05, 0.1) is 11.9 Å². The summed E-state index contributed by atoms with van der Waals surface area (Å²) in [5, 5.41) is 3.16. The molecule has 98 valence electrons. The molecule has 0 saturated carbocycles. The molecule has 2 N–H and O–H groups in total. The van der Waals surface area contributed by atoms with Crippen LogP contribution in [0.2, 0.25) is 0 Å². The molecule has 3 heterocycles. The Bertz CT molecular complexity index is 703. The summed E-state index contributed by atoms with van der Waals surface area (Å²) >= 11 is 3.40. The highest BCUT2D eigenvalue weighted by Gasteiger charge is 2.13. The van der Waals surface area contributed by atoms with E-state index in [1.807, 2.05) is 7.05 Å². The Labute approximate surface area is 119 Å². The average Bonchev–Trinajstić information content (AvgIpc) is 2.96. The zero-order valence-electron chi connectivity index (χ0n) is 10.8. The molecule has 0 spiro atoms. The second kappa shape index (κ2) is 4.79. The van der Waals surface area contributed by atoms with Crippen molar-refractivity contribution in [1.29, 1.82) is 0 Å². The number of aromatic nitrogens is 2. The van der Waals surface area contributed by atoms with Crippen molar-refractivity contribution in [1.82, 2.24) is 9.97 Å². The van der Waals surface area contributed by atoms with Crippen LogP contribution in [0.4, 0.5) is 11.8 Å². The minimum Gasteiger partial charge on any atom is -0.368 e. The molecule has 0 radical (unpaired) electrons. The van der Waals surface area contributed by atoms with Crippen LogP contribution in [0.25, 0.3) is 10.2 Å². The number of rotatable bonds is 3. The SMILES string of the molecule is Cc1cc2c(N(C)Cc3cccs3)nc(N)nc2s1. The molecular weight excluding hydrogens is 276 g/mol. The fourth-order valence-corrected chi connectivity index (χ4v) is 3.68. The van der Waals surface area contributed by atoms with Gasteiger partial charge < -0.3 is 10.6 Å². The van der Waals surface area contributed by atoms with Crippen molar-refractivity contribution in [2.45, 2.75) is 13.5 Å². The van der Waals surface area contributed by atoms with Gasteiger partial charge in [0.25, 0.3) is 0 Å². The Morgan fingerprint density at radius 3 is 2.95 bits per heavy atom. The van der Waals surface area contributed by atoms with E-state index >= 15 is 0 Å². The van der Waals surface area contributed by atoms with Crippen molar-refractivity contribution in [2.75, 3.05) is 17.7 Å². The van der Waals surface area contributed by atoms with Gasteiger partial charge >= 0.3 is 0 Å². The molecule has 0 fully saturated rings. The molecule has 0 saturated heterocycles. The zero-order valence-corrected chi connectivity index (χ0v) is 12.4. The Morgan fingerprint density at radius 2 is 2.21 bits per heavy atom. The maximum absolute atomic E-state index is 5.81. The molecule has 0 aliphatic rings. The Morgan fingerprint density at radius 1 is 1.37 bits per heavy atom. The summed E-state index contributed by atoms with van der Waals surface area (Å²) in [5.74, 6) is 1.24. The van der Waals surface area contributed by atoms with Gasteiger partial charge in [0, 0.05) is 16.8 Å². The number of hydrogen-bond donors (Lipinski definition) is 1. The fourth-order valence-electron chi connectivity index (χ4n) is 2.05. The minimum atomic E-state index is 0.336. The van der Waals surface area contributed by atoms with Crippen LogP contribution in [-0.4, -0.2) is 17.0 Å². The molecule has 3 aromatic heterocycles. The molecule has 0 unspecified atom stereocenters. The monoisotopic (exact) mass is 290 g/mol. The van der Waals surface area contributed by atoms with Gasteiger partial charge in [0.15, 0.2) is 0 Å². The third kappa shape index (κ3) is 2.41. The van der Waals surface area contributed by atoms with Crippen LogP contribution in [0.15, 0.2) is 23.6 Å². The molecule has 0 bridgehead atoms. The quantitative estimate of drug-likeness (QED) is 0.804. The highest BCUT2D eigenvalue weighted by molar-refractivity contribution is 7.18. The maximum atomic E-state index is 5.81. The fraction of sp³-hybridized carbons (Fsp3) is 0.231. The lowest BCUT2D eigenvalue weighted by atomic mass is 10.3. The third-order valence-corrected chi connectivity index (χ3v) is 4.65. The molecule has 0 aliphatic heterocycles. The zero-order chi connectivity index (χ0) is 13.4. The van der Waals surface area contributed by atoms with E-state index in [-0.39, 0.29) is 0 Å². The minimum absolute atomic E-state index is 0.336. The highest BCUT2D eigenvalue weighted by Crippen LogP contribution is 2.31. The van der Waals surface area contributed by atoms with Gasteiger partial charge in [-0.3, -0.25) is 0 Å². The number of fused-ring (bicyclic) bond motifs is 1. The number of hydrogen-bond acceptors (Lipinski definition) is 6. The maximum Gasteiger partial charge on any atom is 0.223 e. The second-order valence-electron chi connectivity index (χ2n) is 4.42. The van der Waals surface area contributed by atoms with Gasteiger partial charge in [-0.15, -0.1) is 22.7 Å². The lowest BCUT2D eigenvalue weighted by Crippen LogP contribution is -2.18. The van der Waals surface area contributed by atoms with Crippen LogP contribution in [-0.2, 0) is 6.54 Å². The number of nitrogens with two attached hydrogens (primary N) is 1. The van der Waals surface area contributed by atoms with E-state index < -0.39 is 0 Å². The van der Waals surface area contributed by atoms with Gasteiger partial charge in [-0.25, -0.2) is 4.98 Å². The van der Waals surface area contributed by atoms with Crippen LogP contribution in [0.1, 0.15) is 9.75 Å². The van der Waals surface area contributed by atoms with Gasteiger partial charge in [-0.1, -0.05) is 6.07 Å². The van der Waals surface area contributed by atoms with Gasteiger partial charge in [-0.05, 0) is 24.4 Å². The predicted octanol–water partition coefficient (Wildman–Crippen LogP) is 3.28. The summed E-state index contributed by atoms with van der Waals surface area (Å²) in [6, 6.07) is 6.31. The topological polar surface area (TPSA) is 55.0 Å². The Hall–Kier alpha value is -1.66. The molecule has 19 heavy (non-hydrogen) atoms. The first-order valence-electron chi connectivity index (χ1n) is 5.90. The molecule has 0 atom stereocenters. The summed E-state index contributed by atoms with van der Waals surface area (Å²) in [4.78, 5) is 14.3. The third-order valence-electron chi connectivity index (χ3n) is 2.85. The summed E-state index contributed by atoms with van der Waals surface area (Å²) in [6.07, 6.45) is 0. The summed E-state index contributed by atoms with van der Waals surface area (Å²) in [6.45, 7) is 2.91. The van der Waals surface area contributed by atoms with E-state index in [4.69, 9.17) is 5.73 Å². The first-order chi connectivity index (χ1) is 9.13. The van der Waals surface area contributed by atoms with E-state index in [0.29, 0.717) is 5.95 Å². The normalized spacial score (nSPS) is 11.1. The van der Waals surface area contributed by atoms with Crippen molar-refractivity contribution >= 4 is 44.7 Å². The van der Waals surface area contributed by atoms with Crippen molar-refractivity contribution in [3.63, 3.8) is 0 Å². The Kier molecular flexibility index (Phi) is 3.12. The van der Waals surface area contributed by atoms with Crippen LogP contribution in [0, 0.1) is 6.92 Å². The predicted molar refractivity (Wildman–Crippen MR) is 83.0 cm³/mol.